The summed E-state index contributed by atoms with van der Waals surface area (Å²) in [7, 11) is 1.94. The van der Waals surface area contributed by atoms with Gasteiger partial charge in [-0.15, -0.1) is 0 Å². The number of rotatable bonds is 4. The molecular formula is C21H24N4O2. The lowest BCUT2D eigenvalue weighted by Gasteiger charge is -2.13. The van der Waals surface area contributed by atoms with E-state index in [0.717, 1.165) is 33.8 Å². The van der Waals surface area contributed by atoms with E-state index in [1.54, 1.807) is 12.4 Å². The highest BCUT2D eigenvalue weighted by Gasteiger charge is 2.16. The molecule has 1 aromatic carbocycles. The Bertz CT molecular complexity index is 1060. The number of pyridine rings is 1. The van der Waals surface area contributed by atoms with Crippen LogP contribution in [-0.2, 0) is 13.6 Å². The van der Waals surface area contributed by atoms with Crippen molar-refractivity contribution in [2.75, 3.05) is 0 Å². The molecule has 0 radical (unpaired) electrons. The largest absolute Gasteiger partial charge is 0.348 e. The first-order valence-electron chi connectivity index (χ1n) is 8.85. The number of benzene rings is 1. The fourth-order valence-corrected chi connectivity index (χ4v) is 3.44. The van der Waals surface area contributed by atoms with Gasteiger partial charge >= 0.3 is 0 Å². The molecule has 0 atom stereocenters. The minimum atomic E-state index is -0.200. The van der Waals surface area contributed by atoms with Crippen molar-refractivity contribution < 1.29 is 4.79 Å². The van der Waals surface area contributed by atoms with E-state index < -0.39 is 0 Å². The molecule has 2 aromatic heterocycles. The van der Waals surface area contributed by atoms with Crippen LogP contribution in [0.25, 0.3) is 11.3 Å². The zero-order chi connectivity index (χ0) is 19.7. The number of nitrogens with zero attached hydrogens (tertiary/aromatic N) is 2. The van der Waals surface area contributed by atoms with Crippen LogP contribution >= 0.6 is 0 Å². The van der Waals surface area contributed by atoms with Crippen LogP contribution in [0, 0.1) is 27.7 Å². The molecule has 6 heteroatoms. The molecule has 2 N–H and O–H groups in total. The summed E-state index contributed by atoms with van der Waals surface area (Å²) in [5.74, 6) is -0.200. The van der Waals surface area contributed by atoms with Gasteiger partial charge in [0.15, 0.2) is 0 Å². The van der Waals surface area contributed by atoms with E-state index in [2.05, 4.69) is 15.3 Å². The Morgan fingerprint density at radius 1 is 1.22 bits per heavy atom. The molecule has 0 spiro atoms. The highest BCUT2D eigenvalue weighted by atomic mass is 16.1. The van der Waals surface area contributed by atoms with Crippen molar-refractivity contribution in [2.24, 2.45) is 7.05 Å². The molecule has 0 saturated heterocycles. The number of aromatic nitrogens is 3. The Hall–Kier alpha value is -3.15. The highest BCUT2D eigenvalue weighted by Crippen LogP contribution is 2.27. The van der Waals surface area contributed by atoms with Gasteiger partial charge in [-0.2, -0.15) is 0 Å². The minimum Gasteiger partial charge on any atom is -0.348 e. The van der Waals surface area contributed by atoms with Crippen LogP contribution in [-0.4, -0.2) is 20.4 Å². The number of nitrogens with one attached hydrogen (secondary N) is 2. The SMILES string of the molecule is Cc1cc(C)c(CNC(=O)c2cccc(-c3c(C)ncn3C)c2C)c(=O)[nH]1. The standard InChI is InChI=1S/C21H24N4O2/c1-12-9-13(2)24-21(27)18(12)10-22-20(26)17-8-6-7-16(14(17)3)19-15(4)23-11-25(19)5/h6-9,11H,10H2,1-5H3,(H,22,26)(H,24,27). The van der Waals surface area contributed by atoms with Crippen LogP contribution in [0.5, 0.6) is 0 Å². The first-order chi connectivity index (χ1) is 12.8. The second-order valence-electron chi connectivity index (χ2n) is 6.89. The molecule has 0 aliphatic heterocycles. The molecule has 0 saturated carbocycles. The summed E-state index contributed by atoms with van der Waals surface area (Å²) >= 11 is 0. The van der Waals surface area contributed by atoms with Crippen molar-refractivity contribution >= 4 is 5.91 Å². The topological polar surface area (TPSA) is 79.8 Å². The van der Waals surface area contributed by atoms with Gasteiger partial charge in [-0.3, -0.25) is 9.59 Å². The number of carbonyl (C=O) groups excluding carboxylic acids is 1. The fourth-order valence-electron chi connectivity index (χ4n) is 3.44. The molecule has 6 nitrogen and oxygen atoms in total. The van der Waals surface area contributed by atoms with E-state index in [0.29, 0.717) is 11.1 Å². The van der Waals surface area contributed by atoms with Gasteiger partial charge in [-0.05, 0) is 51.0 Å². The van der Waals surface area contributed by atoms with Crippen LogP contribution in [0.1, 0.15) is 38.4 Å². The highest BCUT2D eigenvalue weighted by molar-refractivity contribution is 5.97. The van der Waals surface area contributed by atoms with Crippen LogP contribution in [0.4, 0.5) is 0 Å². The zero-order valence-corrected chi connectivity index (χ0v) is 16.3. The molecule has 0 unspecified atom stereocenters. The van der Waals surface area contributed by atoms with Crippen LogP contribution in [0.15, 0.2) is 35.4 Å². The van der Waals surface area contributed by atoms with Crippen molar-refractivity contribution in [1.82, 2.24) is 19.9 Å². The fraction of sp³-hybridized carbons (Fsp3) is 0.286. The number of H-pyrrole nitrogens is 1. The van der Waals surface area contributed by atoms with Gasteiger partial charge in [0, 0.05) is 36.0 Å². The van der Waals surface area contributed by atoms with Crippen LogP contribution in [0.2, 0.25) is 0 Å². The third kappa shape index (κ3) is 3.56. The van der Waals surface area contributed by atoms with E-state index in [9.17, 15) is 9.59 Å². The number of carbonyl (C=O) groups is 1. The maximum Gasteiger partial charge on any atom is 0.253 e. The molecule has 0 aliphatic rings. The van der Waals surface area contributed by atoms with Gasteiger partial charge in [-0.25, -0.2) is 4.98 Å². The Morgan fingerprint density at radius 3 is 2.59 bits per heavy atom. The molecule has 3 aromatic rings. The van der Waals surface area contributed by atoms with Crippen molar-refractivity contribution in [3.8, 4) is 11.3 Å². The smallest absolute Gasteiger partial charge is 0.253 e. The molecular weight excluding hydrogens is 340 g/mol. The van der Waals surface area contributed by atoms with Crippen LogP contribution < -0.4 is 10.9 Å². The maximum atomic E-state index is 12.8. The van der Waals surface area contributed by atoms with E-state index in [-0.39, 0.29) is 18.0 Å². The zero-order valence-electron chi connectivity index (χ0n) is 16.3. The molecule has 0 fully saturated rings. The Labute approximate surface area is 158 Å². The Kier molecular flexibility index (Phi) is 4.99. The summed E-state index contributed by atoms with van der Waals surface area (Å²) < 4.78 is 1.95. The van der Waals surface area contributed by atoms with Crippen LogP contribution in [0.3, 0.4) is 0 Å². The summed E-state index contributed by atoms with van der Waals surface area (Å²) in [6.07, 6.45) is 1.77. The molecule has 2 heterocycles. The number of aryl methyl sites for hydroxylation is 4. The molecule has 3 rings (SSSR count). The average molecular weight is 364 g/mol. The summed E-state index contributed by atoms with van der Waals surface area (Å²) in [6.45, 7) is 7.79. The van der Waals surface area contributed by atoms with E-state index >= 15 is 0 Å². The number of hydrogen-bond acceptors (Lipinski definition) is 3. The van der Waals surface area contributed by atoms with Gasteiger partial charge in [0.1, 0.15) is 0 Å². The predicted octanol–water partition coefficient (Wildman–Crippen LogP) is 2.94. The molecule has 1 amide bonds. The molecule has 0 bridgehead atoms. The first-order valence-corrected chi connectivity index (χ1v) is 8.85. The number of aromatic amines is 1. The van der Waals surface area contributed by atoms with Gasteiger partial charge in [0.05, 0.1) is 17.7 Å². The van der Waals surface area contributed by atoms with Crippen molar-refractivity contribution in [2.45, 2.75) is 34.2 Å². The lowest BCUT2D eigenvalue weighted by Crippen LogP contribution is -2.28. The van der Waals surface area contributed by atoms with Gasteiger partial charge in [-0.1, -0.05) is 12.1 Å². The summed E-state index contributed by atoms with van der Waals surface area (Å²) in [4.78, 5) is 32.0. The lowest BCUT2D eigenvalue weighted by molar-refractivity contribution is 0.0950. The Balaban J connectivity index is 1.89. The number of hydrogen-bond donors (Lipinski definition) is 2. The van der Waals surface area contributed by atoms with Crippen molar-refractivity contribution in [3.05, 3.63) is 74.6 Å². The first kappa shape index (κ1) is 18.6. The van der Waals surface area contributed by atoms with Gasteiger partial charge in [0.25, 0.3) is 11.5 Å². The summed E-state index contributed by atoms with van der Waals surface area (Å²) in [5, 5.41) is 2.88. The lowest BCUT2D eigenvalue weighted by atomic mass is 9.98. The third-order valence-corrected chi connectivity index (χ3v) is 4.87. The molecule has 0 aliphatic carbocycles. The Morgan fingerprint density at radius 2 is 1.96 bits per heavy atom. The van der Waals surface area contributed by atoms with Crippen molar-refractivity contribution in [1.29, 1.82) is 0 Å². The average Bonchev–Trinajstić information content (AvgIpc) is 2.92. The monoisotopic (exact) mass is 364 g/mol. The van der Waals surface area contributed by atoms with E-state index in [1.165, 1.54) is 0 Å². The number of amides is 1. The molecule has 140 valence electrons. The van der Waals surface area contributed by atoms with Gasteiger partial charge in [0.2, 0.25) is 0 Å². The van der Waals surface area contributed by atoms with Gasteiger partial charge < -0.3 is 14.9 Å². The third-order valence-electron chi connectivity index (χ3n) is 4.87. The second-order valence-corrected chi connectivity index (χ2v) is 6.89. The van der Waals surface area contributed by atoms with E-state index in [1.807, 2.05) is 57.5 Å². The maximum absolute atomic E-state index is 12.8. The normalized spacial score (nSPS) is 10.9. The van der Waals surface area contributed by atoms with Crippen molar-refractivity contribution in [3.63, 3.8) is 0 Å². The number of imidazole rings is 1. The molecule has 27 heavy (non-hydrogen) atoms. The second kappa shape index (κ2) is 7.23. The summed E-state index contributed by atoms with van der Waals surface area (Å²) in [6, 6.07) is 7.56. The summed E-state index contributed by atoms with van der Waals surface area (Å²) in [5.41, 5.74) is 6.45. The quantitative estimate of drug-likeness (QED) is 0.747. The minimum absolute atomic E-state index is 0.163. The van der Waals surface area contributed by atoms with E-state index in [4.69, 9.17) is 0 Å². The predicted molar refractivity (Wildman–Crippen MR) is 106 cm³/mol.